The number of amides is 1. The van der Waals surface area contributed by atoms with Gasteiger partial charge in [0.1, 0.15) is 6.54 Å². The van der Waals surface area contributed by atoms with Gasteiger partial charge in [0.15, 0.2) is 5.96 Å². The Morgan fingerprint density at radius 1 is 1.30 bits per heavy atom. The number of hydrogen-bond acceptors (Lipinski definition) is 2. The summed E-state index contributed by atoms with van der Waals surface area (Å²) in [5.74, 6) is 0.967. The van der Waals surface area contributed by atoms with Crippen molar-refractivity contribution in [2.45, 2.75) is 58.4 Å². The van der Waals surface area contributed by atoms with Crippen molar-refractivity contribution in [2.24, 2.45) is 16.6 Å². The Morgan fingerprint density at radius 2 is 1.95 bits per heavy atom. The van der Waals surface area contributed by atoms with Crippen molar-refractivity contribution in [1.82, 2.24) is 10.6 Å². The zero-order chi connectivity index (χ0) is 14.1. The Labute approximate surface area is 139 Å². The van der Waals surface area contributed by atoms with Crippen LogP contribution in [0.4, 0.5) is 0 Å². The molecule has 6 heteroatoms. The van der Waals surface area contributed by atoms with E-state index in [9.17, 15) is 4.79 Å². The smallest absolute Gasteiger partial charge is 0.242 e. The number of carbonyl (C=O) groups is 1. The molecule has 0 aromatic rings. The van der Waals surface area contributed by atoms with Crippen molar-refractivity contribution in [2.75, 3.05) is 13.1 Å². The van der Waals surface area contributed by atoms with E-state index in [1.807, 2.05) is 0 Å². The van der Waals surface area contributed by atoms with Gasteiger partial charge in [-0.2, -0.15) is 0 Å². The van der Waals surface area contributed by atoms with Crippen LogP contribution < -0.4 is 16.4 Å². The van der Waals surface area contributed by atoms with Crippen molar-refractivity contribution >= 4 is 35.8 Å². The monoisotopic (exact) mass is 396 g/mol. The molecule has 0 aromatic heterocycles. The normalized spacial score (nSPS) is 16.6. The van der Waals surface area contributed by atoms with Crippen LogP contribution in [-0.4, -0.2) is 31.0 Å². The summed E-state index contributed by atoms with van der Waals surface area (Å²) < 4.78 is 0. The lowest BCUT2D eigenvalue weighted by atomic mass is 9.95. The second kappa shape index (κ2) is 11.2. The maximum absolute atomic E-state index is 11.7. The topological polar surface area (TPSA) is 79.5 Å². The van der Waals surface area contributed by atoms with Gasteiger partial charge in [-0.15, -0.1) is 24.0 Å². The molecule has 5 nitrogen and oxygen atoms in total. The molecule has 0 radical (unpaired) electrons. The number of nitrogens with zero attached hydrogens (tertiary/aromatic N) is 1. The standard InChI is InChI=1S/C14H28N4O.HI/c1-11(2)8-9-16-14(15)17-10-13(19)18-12-6-4-3-5-7-12;/h11-12H,3-10H2,1-2H3,(H,18,19)(H3,15,16,17);1H. The van der Waals surface area contributed by atoms with E-state index in [1.54, 1.807) is 0 Å². The Hall–Kier alpha value is -0.530. The van der Waals surface area contributed by atoms with Crippen LogP contribution in [0.1, 0.15) is 52.4 Å². The molecule has 1 aliphatic carbocycles. The van der Waals surface area contributed by atoms with Crippen LogP contribution in [0, 0.1) is 5.92 Å². The highest BCUT2D eigenvalue weighted by Gasteiger charge is 2.15. The van der Waals surface area contributed by atoms with Gasteiger partial charge < -0.3 is 16.4 Å². The first-order valence-electron chi connectivity index (χ1n) is 7.41. The van der Waals surface area contributed by atoms with Crippen molar-refractivity contribution < 1.29 is 4.79 Å². The van der Waals surface area contributed by atoms with Crippen LogP contribution in [0.5, 0.6) is 0 Å². The van der Waals surface area contributed by atoms with Gasteiger partial charge in [0, 0.05) is 12.6 Å². The van der Waals surface area contributed by atoms with Crippen molar-refractivity contribution in [3.05, 3.63) is 0 Å². The minimum absolute atomic E-state index is 0. The van der Waals surface area contributed by atoms with Crippen molar-refractivity contribution in [1.29, 1.82) is 0 Å². The summed E-state index contributed by atoms with van der Waals surface area (Å²) in [5.41, 5.74) is 5.70. The van der Waals surface area contributed by atoms with Gasteiger partial charge in [0.05, 0.1) is 0 Å². The summed E-state index contributed by atoms with van der Waals surface area (Å²) >= 11 is 0. The first-order chi connectivity index (χ1) is 9.08. The SMILES string of the molecule is CC(C)CCNC(N)=NCC(=O)NC1CCCCC1.I. The molecule has 1 amide bonds. The number of guanidine groups is 1. The van der Waals surface area contributed by atoms with Crippen LogP contribution in [0.3, 0.4) is 0 Å². The molecule has 1 aliphatic rings. The molecule has 1 rings (SSSR count). The Morgan fingerprint density at radius 3 is 2.55 bits per heavy atom. The third kappa shape index (κ3) is 9.39. The molecule has 0 aliphatic heterocycles. The lowest BCUT2D eigenvalue weighted by Gasteiger charge is -2.22. The fourth-order valence-corrected chi connectivity index (χ4v) is 2.22. The molecule has 0 aromatic carbocycles. The number of nitrogens with one attached hydrogen (secondary N) is 2. The molecule has 0 saturated heterocycles. The van der Waals surface area contributed by atoms with E-state index in [0.29, 0.717) is 17.9 Å². The third-order valence-electron chi connectivity index (χ3n) is 3.39. The highest BCUT2D eigenvalue weighted by atomic mass is 127. The summed E-state index contributed by atoms with van der Waals surface area (Å²) in [6.45, 7) is 5.24. The van der Waals surface area contributed by atoms with Crippen LogP contribution in [0.25, 0.3) is 0 Å². The van der Waals surface area contributed by atoms with Crippen LogP contribution >= 0.6 is 24.0 Å². The number of nitrogens with two attached hydrogens (primary N) is 1. The molecule has 118 valence electrons. The molecular weight excluding hydrogens is 367 g/mol. The largest absolute Gasteiger partial charge is 0.370 e. The lowest BCUT2D eigenvalue weighted by Crippen LogP contribution is -2.39. The molecule has 0 heterocycles. The molecule has 0 atom stereocenters. The summed E-state index contributed by atoms with van der Waals surface area (Å²) in [7, 11) is 0. The fraction of sp³-hybridized carbons (Fsp3) is 0.857. The van der Waals surface area contributed by atoms with E-state index in [2.05, 4.69) is 29.5 Å². The summed E-state index contributed by atoms with van der Waals surface area (Å²) in [5, 5.41) is 6.04. The zero-order valence-corrected chi connectivity index (χ0v) is 15.0. The van der Waals surface area contributed by atoms with Crippen molar-refractivity contribution in [3.63, 3.8) is 0 Å². The second-order valence-corrected chi connectivity index (χ2v) is 5.71. The van der Waals surface area contributed by atoms with E-state index in [1.165, 1.54) is 19.3 Å². The highest BCUT2D eigenvalue weighted by Crippen LogP contribution is 2.17. The van der Waals surface area contributed by atoms with Gasteiger partial charge in [-0.1, -0.05) is 33.1 Å². The Kier molecular flexibility index (Phi) is 10.9. The molecule has 0 unspecified atom stereocenters. The van der Waals surface area contributed by atoms with E-state index in [-0.39, 0.29) is 36.4 Å². The van der Waals surface area contributed by atoms with Crippen LogP contribution in [0.2, 0.25) is 0 Å². The number of hydrogen-bond donors (Lipinski definition) is 3. The third-order valence-corrected chi connectivity index (χ3v) is 3.39. The minimum atomic E-state index is -0.0273. The maximum atomic E-state index is 11.7. The molecule has 0 spiro atoms. The van der Waals surface area contributed by atoms with Gasteiger partial charge in [0.2, 0.25) is 5.91 Å². The highest BCUT2D eigenvalue weighted by molar-refractivity contribution is 14.0. The first-order valence-corrected chi connectivity index (χ1v) is 7.41. The molecule has 20 heavy (non-hydrogen) atoms. The van der Waals surface area contributed by atoms with E-state index < -0.39 is 0 Å². The fourth-order valence-electron chi connectivity index (χ4n) is 2.22. The molecule has 1 fully saturated rings. The second-order valence-electron chi connectivity index (χ2n) is 5.71. The summed E-state index contributed by atoms with van der Waals surface area (Å²) in [6, 6.07) is 0.339. The van der Waals surface area contributed by atoms with E-state index in [4.69, 9.17) is 5.73 Å². The number of carbonyl (C=O) groups excluding carboxylic acids is 1. The number of aliphatic imine (C=N–C) groups is 1. The predicted octanol–water partition coefficient (Wildman–Crippen LogP) is 2.00. The van der Waals surface area contributed by atoms with Crippen molar-refractivity contribution in [3.8, 4) is 0 Å². The summed E-state index contributed by atoms with van der Waals surface area (Å²) in [4.78, 5) is 15.8. The van der Waals surface area contributed by atoms with Gasteiger partial charge in [0.25, 0.3) is 0 Å². The van der Waals surface area contributed by atoms with E-state index in [0.717, 1.165) is 25.8 Å². The van der Waals surface area contributed by atoms with Gasteiger partial charge in [-0.25, -0.2) is 4.99 Å². The van der Waals surface area contributed by atoms with Crippen LogP contribution in [-0.2, 0) is 4.79 Å². The average molecular weight is 396 g/mol. The molecule has 1 saturated carbocycles. The van der Waals surface area contributed by atoms with Crippen LogP contribution in [0.15, 0.2) is 4.99 Å². The van der Waals surface area contributed by atoms with Gasteiger partial charge in [-0.3, -0.25) is 4.79 Å². The first kappa shape index (κ1) is 19.5. The van der Waals surface area contributed by atoms with Gasteiger partial charge >= 0.3 is 0 Å². The number of rotatable bonds is 6. The number of halogens is 1. The average Bonchev–Trinajstić information content (AvgIpc) is 2.37. The predicted molar refractivity (Wildman–Crippen MR) is 94.4 cm³/mol. The lowest BCUT2D eigenvalue weighted by molar-refractivity contribution is -0.120. The maximum Gasteiger partial charge on any atom is 0.242 e. The molecular formula is C14H29IN4O. The molecule has 0 bridgehead atoms. The van der Waals surface area contributed by atoms with Gasteiger partial charge in [-0.05, 0) is 25.2 Å². The Balaban J connectivity index is 0.00000361. The Bertz CT molecular complexity index is 302. The zero-order valence-electron chi connectivity index (χ0n) is 12.7. The van der Waals surface area contributed by atoms with E-state index >= 15 is 0 Å². The quantitative estimate of drug-likeness (QED) is 0.365. The minimum Gasteiger partial charge on any atom is -0.370 e. The summed E-state index contributed by atoms with van der Waals surface area (Å²) in [6.07, 6.45) is 6.96. The molecule has 4 N–H and O–H groups in total.